The van der Waals surface area contributed by atoms with Gasteiger partial charge in [0.2, 0.25) is 0 Å². The van der Waals surface area contributed by atoms with Crippen molar-refractivity contribution in [2.24, 2.45) is 10.8 Å². The Labute approximate surface area is 219 Å². The summed E-state index contributed by atoms with van der Waals surface area (Å²) in [6, 6.07) is 22.0. The molecule has 0 aliphatic rings. The van der Waals surface area contributed by atoms with E-state index in [0.29, 0.717) is 11.5 Å². The summed E-state index contributed by atoms with van der Waals surface area (Å²) < 4.78 is 11.1. The van der Waals surface area contributed by atoms with Gasteiger partial charge >= 0.3 is 11.9 Å². The van der Waals surface area contributed by atoms with Gasteiger partial charge in [-0.25, -0.2) is 0 Å². The molecule has 0 heterocycles. The molecule has 5 nitrogen and oxygen atoms in total. The van der Waals surface area contributed by atoms with Crippen LogP contribution in [0.4, 0.5) is 0 Å². The fourth-order valence-corrected chi connectivity index (χ4v) is 3.60. The number of phenols is 1. The van der Waals surface area contributed by atoms with Gasteiger partial charge in [-0.3, -0.25) is 9.59 Å². The number of benzene rings is 3. The van der Waals surface area contributed by atoms with Crippen molar-refractivity contribution in [1.82, 2.24) is 0 Å². The average Bonchev–Trinajstić information content (AvgIpc) is 2.83. The van der Waals surface area contributed by atoms with Crippen molar-refractivity contribution in [2.45, 2.75) is 54.9 Å². The first-order valence-corrected chi connectivity index (χ1v) is 12.5. The number of aromatic hydroxyl groups is 1. The summed E-state index contributed by atoms with van der Waals surface area (Å²) in [5.41, 5.74) is 3.77. The van der Waals surface area contributed by atoms with Crippen molar-refractivity contribution in [3.05, 3.63) is 89.5 Å². The minimum atomic E-state index is -0.599. The van der Waals surface area contributed by atoms with Crippen molar-refractivity contribution in [3.8, 4) is 17.2 Å². The summed E-state index contributed by atoms with van der Waals surface area (Å²) >= 11 is 0. The van der Waals surface area contributed by atoms with Crippen LogP contribution in [0.25, 0.3) is 11.1 Å². The van der Waals surface area contributed by atoms with Gasteiger partial charge in [-0.05, 0) is 112 Å². The highest BCUT2D eigenvalue weighted by atomic mass is 16.5. The van der Waals surface area contributed by atoms with Crippen LogP contribution in [-0.4, -0.2) is 17.0 Å². The molecular formula is C32H36O5. The van der Waals surface area contributed by atoms with Gasteiger partial charge in [0, 0.05) is 0 Å². The molecule has 1 N–H and O–H groups in total. The number of hydrogen-bond acceptors (Lipinski definition) is 5. The molecule has 0 saturated heterocycles. The maximum atomic E-state index is 12.3. The highest BCUT2D eigenvalue weighted by Gasteiger charge is 2.25. The van der Waals surface area contributed by atoms with E-state index in [0.717, 1.165) is 34.3 Å². The maximum Gasteiger partial charge on any atom is 0.316 e. The first-order valence-electron chi connectivity index (χ1n) is 12.5. The molecule has 5 heteroatoms. The standard InChI is InChI=1S/C32H36O5/c1-8-27(21-11-17-25(18-12-21)36-29(34)31(2,3)4)28(22-9-15-24(33)16-10-22)23-13-19-26(20-14-23)37-30(35)32(5,6)7/h9-20,33H,8H2,1-7H3/b28-27+. The number of phenolic OH excluding ortho intramolecular Hbond substituents is 1. The number of rotatable bonds is 6. The lowest BCUT2D eigenvalue weighted by Crippen LogP contribution is -2.25. The zero-order valence-corrected chi connectivity index (χ0v) is 22.7. The van der Waals surface area contributed by atoms with Gasteiger partial charge < -0.3 is 14.6 Å². The van der Waals surface area contributed by atoms with Crippen LogP contribution in [0, 0.1) is 10.8 Å². The smallest absolute Gasteiger partial charge is 0.316 e. The number of carbonyl (C=O) groups is 2. The van der Waals surface area contributed by atoms with Gasteiger partial charge in [0.15, 0.2) is 0 Å². The third-order valence-electron chi connectivity index (χ3n) is 5.80. The molecule has 194 valence electrons. The molecule has 0 radical (unpaired) electrons. The summed E-state index contributed by atoms with van der Waals surface area (Å²) in [5.74, 6) is 0.585. The summed E-state index contributed by atoms with van der Waals surface area (Å²) in [5, 5.41) is 9.86. The molecule has 3 aromatic carbocycles. The molecule has 0 aromatic heterocycles. The second-order valence-electron chi connectivity index (χ2n) is 11.1. The fraction of sp³-hybridized carbons (Fsp3) is 0.312. The molecule has 0 atom stereocenters. The monoisotopic (exact) mass is 500 g/mol. The van der Waals surface area contributed by atoms with E-state index in [2.05, 4.69) is 6.92 Å². The Morgan fingerprint density at radius 1 is 0.622 bits per heavy atom. The molecule has 0 aliphatic carbocycles. The second-order valence-corrected chi connectivity index (χ2v) is 11.1. The summed E-state index contributed by atoms with van der Waals surface area (Å²) in [6.45, 7) is 13.0. The van der Waals surface area contributed by atoms with Gasteiger partial charge in [0.1, 0.15) is 17.2 Å². The van der Waals surface area contributed by atoms with E-state index in [1.165, 1.54) is 0 Å². The van der Waals surface area contributed by atoms with Gasteiger partial charge in [0.25, 0.3) is 0 Å². The van der Waals surface area contributed by atoms with E-state index >= 15 is 0 Å². The van der Waals surface area contributed by atoms with Crippen molar-refractivity contribution in [2.75, 3.05) is 0 Å². The summed E-state index contributed by atoms with van der Waals surface area (Å²) in [4.78, 5) is 24.6. The van der Waals surface area contributed by atoms with Crippen LogP contribution < -0.4 is 9.47 Å². The van der Waals surface area contributed by atoms with E-state index in [-0.39, 0.29) is 17.7 Å². The first-order chi connectivity index (χ1) is 17.3. The van der Waals surface area contributed by atoms with E-state index in [1.807, 2.05) is 77.9 Å². The summed E-state index contributed by atoms with van der Waals surface area (Å²) in [6.07, 6.45) is 0.734. The van der Waals surface area contributed by atoms with Crippen LogP contribution in [0.1, 0.15) is 71.6 Å². The zero-order chi connectivity index (χ0) is 27.4. The molecule has 0 fully saturated rings. The molecule has 3 aromatic rings. The SMILES string of the molecule is CC/C(=C(/c1ccc(O)cc1)c1ccc(OC(=O)C(C)(C)C)cc1)c1ccc(OC(=O)C(C)(C)C)cc1. The molecule has 3 rings (SSSR count). The van der Waals surface area contributed by atoms with Crippen molar-refractivity contribution in [3.63, 3.8) is 0 Å². The number of ether oxygens (including phenoxy) is 2. The maximum absolute atomic E-state index is 12.3. The normalized spacial score (nSPS) is 12.5. The van der Waals surface area contributed by atoms with E-state index in [1.54, 1.807) is 36.4 Å². The zero-order valence-electron chi connectivity index (χ0n) is 22.7. The van der Waals surface area contributed by atoms with Crippen LogP contribution in [-0.2, 0) is 9.59 Å². The number of carbonyl (C=O) groups excluding carboxylic acids is 2. The van der Waals surface area contributed by atoms with Crippen LogP contribution in [0.3, 0.4) is 0 Å². The van der Waals surface area contributed by atoms with Crippen molar-refractivity contribution < 1.29 is 24.2 Å². The Balaban J connectivity index is 2.04. The quantitative estimate of drug-likeness (QED) is 0.214. The molecule has 0 bridgehead atoms. The largest absolute Gasteiger partial charge is 0.508 e. The Morgan fingerprint density at radius 2 is 0.973 bits per heavy atom. The number of allylic oxidation sites excluding steroid dienone is 1. The molecule has 0 aliphatic heterocycles. The first kappa shape index (κ1) is 27.7. The average molecular weight is 501 g/mol. The van der Waals surface area contributed by atoms with Crippen LogP contribution in [0.15, 0.2) is 72.8 Å². The molecule has 0 saturated carbocycles. The Kier molecular flexibility index (Phi) is 8.27. The lowest BCUT2D eigenvalue weighted by molar-refractivity contribution is -0.143. The molecular weight excluding hydrogens is 464 g/mol. The lowest BCUT2D eigenvalue weighted by Gasteiger charge is -2.19. The minimum absolute atomic E-state index is 0.190. The van der Waals surface area contributed by atoms with E-state index < -0.39 is 10.8 Å². The van der Waals surface area contributed by atoms with Crippen LogP contribution in [0.5, 0.6) is 17.2 Å². The highest BCUT2D eigenvalue weighted by Crippen LogP contribution is 2.36. The second kappa shape index (κ2) is 11.0. The number of hydrogen-bond donors (Lipinski definition) is 1. The molecule has 37 heavy (non-hydrogen) atoms. The fourth-order valence-electron chi connectivity index (χ4n) is 3.60. The summed E-state index contributed by atoms with van der Waals surface area (Å²) in [7, 11) is 0. The highest BCUT2D eigenvalue weighted by molar-refractivity contribution is 5.98. The third kappa shape index (κ3) is 7.10. The predicted octanol–water partition coefficient (Wildman–Crippen LogP) is 7.66. The molecule has 0 amide bonds. The minimum Gasteiger partial charge on any atom is -0.508 e. The third-order valence-corrected chi connectivity index (χ3v) is 5.80. The van der Waals surface area contributed by atoms with Gasteiger partial charge in [-0.15, -0.1) is 0 Å². The Bertz CT molecular complexity index is 1270. The van der Waals surface area contributed by atoms with Crippen LogP contribution in [0.2, 0.25) is 0 Å². The Morgan fingerprint density at radius 3 is 1.32 bits per heavy atom. The van der Waals surface area contributed by atoms with Crippen molar-refractivity contribution >= 4 is 23.1 Å². The lowest BCUT2D eigenvalue weighted by atomic mass is 9.88. The number of esters is 2. The molecule has 0 unspecified atom stereocenters. The molecule has 0 spiro atoms. The topological polar surface area (TPSA) is 72.8 Å². The van der Waals surface area contributed by atoms with Crippen LogP contribution >= 0.6 is 0 Å². The van der Waals surface area contributed by atoms with Gasteiger partial charge in [-0.2, -0.15) is 0 Å². The predicted molar refractivity (Wildman–Crippen MR) is 147 cm³/mol. The van der Waals surface area contributed by atoms with Crippen molar-refractivity contribution in [1.29, 1.82) is 0 Å². The van der Waals surface area contributed by atoms with E-state index in [4.69, 9.17) is 9.47 Å². The Hall–Kier alpha value is -3.86. The van der Waals surface area contributed by atoms with Gasteiger partial charge in [0.05, 0.1) is 10.8 Å². The van der Waals surface area contributed by atoms with Gasteiger partial charge in [-0.1, -0.05) is 43.3 Å². The van der Waals surface area contributed by atoms with E-state index in [9.17, 15) is 14.7 Å².